The van der Waals surface area contributed by atoms with Crippen molar-refractivity contribution in [2.24, 2.45) is 0 Å². The summed E-state index contributed by atoms with van der Waals surface area (Å²) in [5.74, 6) is 2.77. The average molecular weight is 381 g/mol. The van der Waals surface area contributed by atoms with Gasteiger partial charge in [-0.1, -0.05) is 53.4 Å². The standard InChI is InChI=1S/C22H24N2O2S/c1-4-13-24(14-19-9-5-17(2)6-10-19)22(26)16-27-15-21(25)23-20-11-7-18(3)8-12-20/h1,5-12H,13-16H2,2-3H3,(H,23,25). The minimum absolute atomic E-state index is 0.0679. The van der Waals surface area contributed by atoms with E-state index >= 15 is 0 Å². The highest BCUT2D eigenvalue weighted by Gasteiger charge is 2.14. The second kappa shape index (κ2) is 10.4. The van der Waals surface area contributed by atoms with Gasteiger partial charge in [-0.2, -0.15) is 0 Å². The van der Waals surface area contributed by atoms with Crippen LogP contribution in [0.4, 0.5) is 5.69 Å². The summed E-state index contributed by atoms with van der Waals surface area (Å²) in [6.45, 7) is 4.74. The quantitative estimate of drug-likeness (QED) is 0.712. The topological polar surface area (TPSA) is 49.4 Å². The molecule has 0 unspecified atom stereocenters. The van der Waals surface area contributed by atoms with Crippen LogP contribution in [-0.4, -0.2) is 34.8 Å². The summed E-state index contributed by atoms with van der Waals surface area (Å²) in [6, 6.07) is 15.6. The maximum absolute atomic E-state index is 12.5. The van der Waals surface area contributed by atoms with Gasteiger partial charge >= 0.3 is 0 Å². The predicted octanol–water partition coefficient (Wildman–Crippen LogP) is 3.64. The van der Waals surface area contributed by atoms with Gasteiger partial charge < -0.3 is 10.2 Å². The molecule has 0 spiro atoms. The first kappa shape index (κ1) is 20.6. The number of benzene rings is 2. The van der Waals surface area contributed by atoms with Crippen LogP contribution >= 0.6 is 11.8 Å². The van der Waals surface area contributed by atoms with E-state index in [4.69, 9.17) is 6.42 Å². The molecule has 140 valence electrons. The second-order valence-electron chi connectivity index (χ2n) is 6.35. The molecule has 0 radical (unpaired) electrons. The SMILES string of the molecule is C#CCN(Cc1ccc(C)cc1)C(=O)CSCC(=O)Nc1ccc(C)cc1. The van der Waals surface area contributed by atoms with Crippen LogP contribution in [0.5, 0.6) is 0 Å². The van der Waals surface area contributed by atoms with Crippen molar-refractivity contribution < 1.29 is 9.59 Å². The van der Waals surface area contributed by atoms with Crippen LogP contribution in [0.1, 0.15) is 16.7 Å². The largest absolute Gasteiger partial charge is 0.327 e. The summed E-state index contributed by atoms with van der Waals surface area (Å²) < 4.78 is 0. The van der Waals surface area contributed by atoms with Gasteiger partial charge in [0.25, 0.3) is 0 Å². The third-order valence-corrected chi connectivity index (χ3v) is 4.84. The van der Waals surface area contributed by atoms with Gasteiger partial charge in [0.1, 0.15) is 0 Å². The Labute approximate surface area is 165 Å². The van der Waals surface area contributed by atoms with Gasteiger partial charge in [-0.3, -0.25) is 9.59 Å². The molecule has 1 N–H and O–H groups in total. The molecule has 0 atom stereocenters. The number of aryl methyl sites for hydroxylation is 2. The van der Waals surface area contributed by atoms with Gasteiger partial charge in [0, 0.05) is 12.2 Å². The Morgan fingerprint density at radius 2 is 1.59 bits per heavy atom. The molecule has 0 aliphatic rings. The van der Waals surface area contributed by atoms with Gasteiger partial charge in [0.05, 0.1) is 18.1 Å². The van der Waals surface area contributed by atoms with Gasteiger partial charge in [-0.05, 0) is 31.5 Å². The van der Waals surface area contributed by atoms with E-state index in [1.165, 1.54) is 17.3 Å². The Kier molecular flexibility index (Phi) is 7.97. The zero-order valence-electron chi connectivity index (χ0n) is 15.7. The summed E-state index contributed by atoms with van der Waals surface area (Å²) in [7, 11) is 0. The Balaban J connectivity index is 1.80. The Hall–Kier alpha value is -2.71. The van der Waals surface area contributed by atoms with Crippen molar-refractivity contribution in [2.75, 3.05) is 23.4 Å². The highest BCUT2D eigenvalue weighted by Crippen LogP contribution is 2.12. The van der Waals surface area contributed by atoms with Crippen LogP contribution < -0.4 is 5.32 Å². The molecule has 0 fully saturated rings. The van der Waals surface area contributed by atoms with E-state index in [1.54, 1.807) is 4.90 Å². The van der Waals surface area contributed by atoms with Gasteiger partial charge in [-0.15, -0.1) is 18.2 Å². The Bertz CT molecular complexity index is 808. The lowest BCUT2D eigenvalue weighted by Crippen LogP contribution is -2.32. The van der Waals surface area contributed by atoms with Gasteiger partial charge in [0.2, 0.25) is 11.8 Å². The van der Waals surface area contributed by atoms with Gasteiger partial charge in [-0.25, -0.2) is 0 Å². The van der Waals surface area contributed by atoms with E-state index in [9.17, 15) is 9.59 Å². The highest BCUT2D eigenvalue weighted by atomic mass is 32.2. The number of hydrogen-bond acceptors (Lipinski definition) is 3. The summed E-state index contributed by atoms with van der Waals surface area (Å²) in [5, 5.41) is 2.83. The molecule has 4 nitrogen and oxygen atoms in total. The minimum atomic E-state index is -0.126. The lowest BCUT2D eigenvalue weighted by Gasteiger charge is -2.20. The lowest BCUT2D eigenvalue weighted by atomic mass is 10.1. The number of terminal acetylenes is 1. The predicted molar refractivity (Wildman–Crippen MR) is 113 cm³/mol. The number of nitrogens with one attached hydrogen (secondary N) is 1. The Morgan fingerprint density at radius 3 is 2.19 bits per heavy atom. The van der Waals surface area contributed by atoms with Crippen LogP contribution in [0.25, 0.3) is 0 Å². The van der Waals surface area contributed by atoms with E-state index in [0.717, 1.165) is 16.8 Å². The van der Waals surface area contributed by atoms with Crippen LogP contribution in [0, 0.1) is 26.2 Å². The fourth-order valence-electron chi connectivity index (χ4n) is 2.41. The molecule has 2 aromatic carbocycles. The zero-order valence-corrected chi connectivity index (χ0v) is 16.5. The first-order valence-electron chi connectivity index (χ1n) is 8.69. The molecular weight excluding hydrogens is 356 g/mol. The summed E-state index contributed by atoms with van der Waals surface area (Å²) in [4.78, 5) is 26.1. The molecule has 5 heteroatoms. The number of carbonyl (C=O) groups is 2. The van der Waals surface area contributed by atoms with E-state index in [1.807, 2.05) is 62.4 Å². The molecule has 2 rings (SSSR count). The van der Waals surface area contributed by atoms with E-state index in [2.05, 4.69) is 11.2 Å². The molecular formula is C22H24N2O2S. The average Bonchev–Trinajstić information content (AvgIpc) is 2.65. The monoisotopic (exact) mass is 380 g/mol. The maximum Gasteiger partial charge on any atom is 0.234 e. The van der Waals surface area contributed by atoms with Crippen LogP contribution in [0.2, 0.25) is 0 Å². The van der Waals surface area contributed by atoms with E-state index in [0.29, 0.717) is 6.54 Å². The number of carbonyl (C=O) groups excluding carboxylic acids is 2. The molecule has 0 aliphatic heterocycles. The summed E-state index contributed by atoms with van der Waals surface area (Å²) >= 11 is 1.29. The number of anilines is 1. The minimum Gasteiger partial charge on any atom is -0.327 e. The summed E-state index contributed by atoms with van der Waals surface area (Å²) in [5.41, 5.74) is 4.09. The van der Waals surface area contributed by atoms with E-state index < -0.39 is 0 Å². The fourth-order valence-corrected chi connectivity index (χ4v) is 3.13. The molecule has 2 amide bonds. The molecule has 0 aliphatic carbocycles. The number of nitrogens with zero attached hydrogens (tertiary/aromatic N) is 1. The number of amides is 2. The number of hydrogen-bond donors (Lipinski definition) is 1. The lowest BCUT2D eigenvalue weighted by molar-refractivity contribution is -0.128. The molecule has 27 heavy (non-hydrogen) atoms. The highest BCUT2D eigenvalue weighted by molar-refractivity contribution is 8.00. The van der Waals surface area contributed by atoms with Crippen LogP contribution in [0.15, 0.2) is 48.5 Å². The van der Waals surface area contributed by atoms with Crippen LogP contribution in [0.3, 0.4) is 0 Å². The molecule has 0 bridgehead atoms. The second-order valence-corrected chi connectivity index (χ2v) is 7.33. The summed E-state index contributed by atoms with van der Waals surface area (Å²) in [6.07, 6.45) is 5.40. The van der Waals surface area contributed by atoms with Crippen molar-refractivity contribution in [1.29, 1.82) is 0 Å². The normalized spacial score (nSPS) is 10.1. The molecule has 0 saturated carbocycles. The van der Waals surface area contributed by atoms with Crippen molar-refractivity contribution in [3.63, 3.8) is 0 Å². The van der Waals surface area contributed by atoms with Crippen LogP contribution in [-0.2, 0) is 16.1 Å². The third kappa shape index (κ3) is 7.20. The molecule has 0 aromatic heterocycles. The van der Waals surface area contributed by atoms with Crippen molar-refractivity contribution >= 4 is 29.3 Å². The third-order valence-electron chi connectivity index (χ3n) is 3.92. The first-order valence-corrected chi connectivity index (χ1v) is 9.84. The number of rotatable bonds is 8. The molecule has 2 aromatic rings. The van der Waals surface area contributed by atoms with Crippen molar-refractivity contribution in [3.05, 3.63) is 65.2 Å². The maximum atomic E-state index is 12.5. The Morgan fingerprint density at radius 1 is 1.00 bits per heavy atom. The number of thioether (sulfide) groups is 1. The van der Waals surface area contributed by atoms with Crippen molar-refractivity contribution in [1.82, 2.24) is 4.90 Å². The van der Waals surface area contributed by atoms with E-state index in [-0.39, 0.29) is 29.9 Å². The van der Waals surface area contributed by atoms with Gasteiger partial charge in [0.15, 0.2) is 0 Å². The first-order chi connectivity index (χ1) is 13.0. The van der Waals surface area contributed by atoms with Crippen molar-refractivity contribution in [3.8, 4) is 12.3 Å². The zero-order chi connectivity index (χ0) is 19.6. The smallest absolute Gasteiger partial charge is 0.234 e. The fraction of sp³-hybridized carbons (Fsp3) is 0.273. The van der Waals surface area contributed by atoms with Crippen molar-refractivity contribution in [2.45, 2.75) is 20.4 Å². The molecule has 0 heterocycles. The molecule has 0 saturated heterocycles.